The Morgan fingerprint density at radius 1 is 1.14 bits per heavy atom. The summed E-state index contributed by atoms with van der Waals surface area (Å²) in [7, 11) is 0. The molecule has 2 amide bonds. The lowest BCUT2D eigenvalue weighted by Crippen LogP contribution is -2.36. The van der Waals surface area contributed by atoms with Crippen LogP contribution in [0.1, 0.15) is 24.8 Å². The summed E-state index contributed by atoms with van der Waals surface area (Å²) >= 11 is 1.36. The molecule has 10 nitrogen and oxygen atoms in total. The second kappa shape index (κ2) is 11.1. The molecule has 0 saturated carbocycles. The Morgan fingerprint density at radius 2 is 1.86 bits per heavy atom. The van der Waals surface area contributed by atoms with E-state index in [9.17, 15) is 9.59 Å². The molecule has 0 aliphatic rings. The molecule has 150 valence electrons. The molecule has 1 heterocycles. The Labute approximate surface area is 166 Å². The average molecular weight is 405 g/mol. The molecule has 28 heavy (non-hydrogen) atoms. The zero-order chi connectivity index (χ0) is 20.4. The van der Waals surface area contributed by atoms with Gasteiger partial charge in [-0.2, -0.15) is 0 Å². The molecule has 2 rings (SSSR count). The van der Waals surface area contributed by atoms with E-state index in [4.69, 9.17) is 10.8 Å². The van der Waals surface area contributed by atoms with Crippen molar-refractivity contribution in [3.8, 4) is 11.4 Å². The van der Waals surface area contributed by atoms with E-state index >= 15 is 0 Å². The Kier molecular flexibility index (Phi) is 8.56. The highest BCUT2D eigenvalue weighted by Gasteiger charge is 2.11. The first-order valence-corrected chi connectivity index (χ1v) is 9.93. The van der Waals surface area contributed by atoms with Gasteiger partial charge in [-0.1, -0.05) is 36.0 Å². The van der Waals surface area contributed by atoms with Crippen molar-refractivity contribution in [3.63, 3.8) is 0 Å². The number of aromatic nitrogens is 4. The minimum Gasteiger partial charge on any atom is -0.480 e. The maximum atomic E-state index is 12.0. The second-order valence-electron chi connectivity index (χ2n) is 5.92. The summed E-state index contributed by atoms with van der Waals surface area (Å²) in [5, 5.41) is 30.8. The van der Waals surface area contributed by atoms with Gasteiger partial charge in [0.05, 0.1) is 0 Å². The summed E-state index contributed by atoms with van der Waals surface area (Å²) in [5.41, 5.74) is 7.02. The number of hydrogen-bond acceptors (Lipinski definition) is 8. The van der Waals surface area contributed by atoms with E-state index in [-0.39, 0.29) is 6.03 Å². The van der Waals surface area contributed by atoms with Gasteiger partial charge >= 0.3 is 12.0 Å². The predicted octanol–water partition coefficient (Wildman–Crippen LogP) is 1.04. The Hall–Kier alpha value is -2.79. The molecule has 5 N–H and O–H groups in total. The third-order valence-electron chi connectivity index (χ3n) is 3.89. The van der Waals surface area contributed by atoms with Crippen LogP contribution in [0, 0.1) is 0 Å². The highest BCUT2D eigenvalue weighted by Crippen LogP contribution is 2.19. The van der Waals surface area contributed by atoms with E-state index in [1.54, 1.807) is 0 Å². The number of nitrogens with one attached hydrogen (secondary N) is 2. The molecule has 0 bridgehead atoms. The number of aliphatic carboxylic acids is 1. The number of urea groups is 1. The number of nitrogens with two attached hydrogens (primary N) is 1. The van der Waals surface area contributed by atoms with Gasteiger partial charge in [-0.25, -0.2) is 4.79 Å². The zero-order valence-electron chi connectivity index (χ0n) is 15.5. The number of unbranched alkanes of at least 4 members (excludes halogenated alkanes) is 1. The van der Waals surface area contributed by atoms with Crippen LogP contribution in [0.4, 0.5) is 4.79 Å². The number of carbonyl (C=O) groups is 2. The number of rotatable bonds is 10. The van der Waals surface area contributed by atoms with Crippen LogP contribution in [-0.2, 0) is 11.3 Å². The van der Waals surface area contributed by atoms with Crippen molar-refractivity contribution in [2.45, 2.75) is 37.0 Å². The molecule has 0 fully saturated rings. The van der Waals surface area contributed by atoms with E-state index in [1.165, 1.54) is 11.8 Å². The molecule has 0 saturated heterocycles. The summed E-state index contributed by atoms with van der Waals surface area (Å²) in [4.78, 5) is 22.6. The fraction of sp³-hybridized carbons (Fsp3) is 0.412. The predicted molar refractivity (Wildman–Crippen MR) is 105 cm³/mol. The van der Waals surface area contributed by atoms with E-state index in [0.29, 0.717) is 43.3 Å². The lowest BCUT2D eigenvalue weighted by atomic mass is 10.1. The van der Waals surface area contributed by atoms with Crippen molar-refractivity contribution in [3.05, 3.63) is 29.8 Å². The van der Waals surface area contributed by atoms with Crippen LogP contribution in [0.25, 0.3) is 11.4 Å². The maximum Gasteiger partial charge on any atom is 0.320 e. The fourth-order valence-corrected chi connectivity index (χ4v) is 2.60. The first kappa shape index (κ1) is 21.5. The number of amides is 2. The van der Waals surface area contributed by atoms with Crippen molar-refractivity contribution in [1.82, 2.24) is 31.0 Å². The molecule has 2 aromatic rings. The van der Waals surface area contributed by atoms with Crippen LogP contribution in [0.2, 0.25) is 0 Å². The van der Waals surface area contributed by atoms with E-state index in [1.807, 2.05) is 30.5 Å². The number of carboxylic acid groups (broad SMARTS) is 1. The Morgan fingerprint density at radius 3 is 2.54 bits per heavy atom. The first-order valence-electron chi connectivity index (χ1n) is 8.71. The van der Waals surface area contributed by atoms with Gasteiger partial charge < -0.3 is 21.5 Å². The molecule has 11 heteroatoms. The van der Waals surface area contributed by atoms with Crippen molar-refractivity contribution < 1.29 is 14.7 Å². The normalized spacial score (nSPS) is 11.6. The first-order chi connectivity index (χ1) is 13.5. The third-order valence-corrected chi connectivity index (χ3v) is 4.41. The molecular formula is C17H23N7O3S. The average Bonchev–Trinajstić information content (AvgIpc) is 2.72. The summed E-state index contributed by atoms with van der Waals surface area (Å²) in [5.74, 6) is -0.618. The van der Waals surface area contributed by atoms with Gasteiger partial charge in [0.15, 0.2) is 0 Å². The molecule has 0 aliphatic heterocycles. The fourth-order valence-electron chi connectivity index (χ4n) is 2.35. The summed E-state index contributed by atoms with van der Waals surface area (Å²) < 4.78 is 0. The molecule has 1 unspecified atom stereocenters. The van der Waals surface area contributed by atoms with Gasteiger partial charge in [-0.3, -0.25) is 4.79 Å². The highest BCUT2D eigenvalue weighted by molar-refractivity contribution is 7.98. The number of nitrogens with zero attached hydrogens (tertiary/aromatic N) is 4. The summed E-state index contributed by atoms with van der Waals surface area (Å²) in [6.07, 6.45) is 3.50. The van der Waals surface area contributed by atoms with Gasteiger partial charge in [0.1, 0.15) is 6.04 Å². The number of benzene rings is 1. The monoisotopic (exact) mass is 405 g/mol. The summed E-state index contributed by atoms with van der Waals surface area (Å²) in [6.45, 7) is 0.729. The maximum absolute atomic E-state index is 12.0. The van der Waals surface area contributed by atoms with Crippen molar-refractivity contribution >= 4 is 23.8 Å². The van der Waals surface area contributed by atoms with Gasteiger partial charge in [0, 0.05) is 18.7 Å². The molecule has 1 atom stereocenters. The van der Waals surface area contributed by atoms with Crippen molar-refractivity contribution in [2.24, 2.45) is 5.73 Å². The van der Waals surface area contributed by atoms with Crippen LogP contribution in [0.3, 0.4) is 0 Å². The Bertz CT molecular complexity index is 789. The van der Waals surface area contributed by atoms with Gasteiger partial charge in [0.2, 0.25) is 11.0 Å². The SMILES string of the molecule is CSc1nnc(-c2ccccc2CNC(=O)NCCCCC(N)C(=O)O)nn1. The Balaban J connectivity index is 1.81. The van der Waals surface area contributed by atoms with E-state index in [0.717, 1.165) is 11.1 Å². The quantitative estimate of drug-likeness (QED) is 0.335. The zero-order valence-corrected chi connectivity index (χ0v) is 16.3. The number of carboxylic acids is 1. The van der Waals surface area contributed by atoms with E-state index in [2.05, 4.69) is 31.0 Å². The third kappa shape index (κ3) is 6.74. The minimum atomic E-state index is -1.01. The molecule has 0 aliphatic carbocycles. The molecular weight excluding hydrogens is 382 g/mol. The lowest BCUT2D eigenvalue weighted by Gasteiger charge is -2.11. The van der Waals surface area contributed by atoms with Crippen LogP contribution < -0.4 is 16.4 Å². The molecule has 0 spiro atoms. The largest absolute Gasteiger partial charge is 0.480 e. The van der Waals surface area contributed by atoms with Crippen molar-refractivity contribution in [2.75, 3.05) is 12.8 Å². The van der Waals surface area contributed by atoms with E-state index < -0.39 is 12.0 Å². The number of carbonyl (C=O) groups excluding carboxylic acids is 1. The molecule has 1 aromatic heterocycles. The minimum absolute atomic E-state index is 0.291. The van der Waals surface area contributed by atoms with Crippen LogP contribution >= 0.6 is 11.8 Å². The molecule has 0 radical (unpaired) electrons. The van der Waals surface area contributed by atoms with Crippen LogP contribution in [0.5, 0.6) is 0 Å². The van der Waals surface area contributed by atoms with Gasteiger partial charge in [-0.15, -0.1) is 20.4 Å². The molecule has 1 aromatic carbocycles. The topological polar surface area (TPSA) is 156 Å². The number of thioether (sulfide) groups is 1. The highest BCUT2D eigenvalue weighted by atomic mass is 32.2. The van der Waals surface area contributed by atoms with Gasteiger partial charge in [0.25, 0.3) is 0 Å². The second-order valence-corrected chi connectivity index (χ2v) is 6.69. The van der Waals surface area contributed by atoms with Crippen LogP contribution in [0.15, 0.2) is 29.4 Å². The van der Waals surface area contributed by atoms with Crippen molar-refractivity contribution in [1.29, 1.82) is 0 Å². The standard InChI is InChI=1S/C17H23N7O3S/c1-28-17-23-21-14(22-24-17)12-7-3-2-6-11(12)10-20-16(27)19-9-5-4-8-13(18)15(25)26/h2-3,6-7,13H,4-5,8-10,18H2,1H3,(H,25,26)(H2,19,20,27). The smallest absolute Gasteiger partial charge is 0.320 e. The summed E-state index contributed by atoms with van der Waals surface area (Å²) in [6, 6.07) is 6.26. The van der Waals surface area contributed by atoms with Gasteiger partial charge in [-0.05, 0) is 31.1 Å². The lowest BCUT2D eigenvalue weighted by molar-refractivity contribution is -0.138. The number of hydrogen-bond donors (Lipinski definition) is 4. The van der Waals surface area contributed by atoms with Crippen LogP contribution in [-0.4, -0.2) is 56.3 Å².